The Morgan fingerprint density at radius 2 is 1.58 bits per heavy atom. The van der Waals surface area contributed by atoms with Gasteiger partial charge < -0.3 is 14.4 Å². The second-order valence-corrected chi connectivity index (χ2v) is 10.2. The van der Waals surface area contributed by atoms with Crippen LogP contribution in [0.4, 0.5) is 5.69 Å². The molecule has 36 heavy (non-hydrogen) atoms. The van der Waals surface area contributed by atoms with E-state index in [2.05, 4.69) is 76.5 Å². The van der Waals surface area contributed by atoms with E-state index < -0.39 is 0 Å². The van der Waals surface area contributed by atoms with E-state index in [1.54, 1.807) is 0 Å². The van der Waals surface area contributed by atoms with Gasteiger partial charge in [-0.15, -0.1) is 0 Å². The average Bonchev–Trinajstić information content (AvgIpc) is 2.85. The van der Waals surface area contributed by atoms with Gasteiger partial charge >= 0.3 is 0 Å². The molecule has 0 amide bonds. The van der Waals surface area contributed by atoms with E-state index in [-0.39, 0.29) is 12.2 Å². The van der Waals surface area contributed by atoms with E-state index in [0.717, 1.165) is 87.9 Å². The molecule has 2 heterocycles. The minimum Gasteiger partial charge on any atom is -0.476 e. The fourth-order valence-corrected chi connectivity index (χ4v) is 5.45. The molecule has 0 aliphatic carbocycles. The predicted molar refractivity (Wildman–Crippen MR) is 150 cm³/mol. The molecule has 2 atom stereocenters. The molecule has 0 radical (unpaired) electrons. The summed E-state index contributed by atoms with van der Waals surface area (Å²) in [6, 6.07) is 6.55. The largest absolute Gasteiger partial charge is 0.476 e. The van der Waals surface area contributed by atoms with Gasteiger partial charge in [-0.2, -0.15) is 4.98 Å². The van der Waals surface area contributed by atoms with Crippen molar-refractivity contribution in [2.24, 2.45) is 0 Å². The molecule has 0 bridgehead atoms. The number of hydrogen-bond donors (Lipinski definition) is 0. The Hall–Kier alpha value is -2.18. The Bertz CT molecular complexity index is 926. The van der Waals surface area contributed by atoms with Crippen molar-refractivity contribution in [2.45, 2.75) is 92.8 Å². The minimum absolute atomic E-state index is 0.288. The highest BCUT2D eigenvalue weighted by Crippen LogP contribution is 2.35. The normalized spacial score (nSPS) is 18.4. The Morgan fingerprint density at radius 1 is 0.972 bits per heavy atom. The first-order valence-electron chi connectivity index (χ1n) is 14.2. The third kappa shape index (κ3) is 7.19. The number of aryl methyl sites for hydroxylation is 3. The van der Waals surface area contributed by atoms with Gasteiger partial charge in [-0.25, -0.2) is 4.98 Å². The monoisotopic (exact) mass is 496 g/mol. The van der Waals surface area contributed by atoms with Crippen LogP contribution in [0.15, 0.2) is 18.2 Å². The highest BCUT2D eigenvalue weighted by atomic mass is 16.5. The van der Waals surface area contributed by atoms with Gasteiger partial charge in [0.1, 0.15) is 5.69 Å². The molecule has 1 aromatic heterocycles. The van der Waals surface area contributed by atoms with Gasteiger partial charge in [0.15, 0.2) is 5.82 Å². The van der Waals surface area contributed by atoms with Gasteiger partial charge in [0.05, 0.1) is 24.5 Å². The van der Waals surface area contributed by atoms with Crippen molar-refractivity contribution in [3.63, 3.8) is 0 Å². The van der Waals surface area contributed by atoms with Gasteiger partial charge in [0.2, 0.25) is 5.88 Å². The number of anilines is 1. The SMILES string of the molecule is CCCN(CCC)c1c(C)nc(-c2c(CC)cccc2CC)nc1OCCCN1CC(C)OC(C)C1. The molecule has 2 aromatic rings. The van der Waals surface area contributed by atoms with Crippen LogP contribution in [-0.2, 0) is 17.6 Å². The quantitative estimate of drug-likeness (QED) is 0.313. The lowest BCUT2D eigenvalue weighted by Gasteiger charge is -2.35. The van der Waals surface area contributed by atoms with Crippen LogP contribution in [0.3, 0.4) is 0 Å². The van der Waals surface area contributed by atoms with Crippen LogP contribution in [0, 0.1) is 6.92 Å². The van der Waals surface area contributed by atoms with Gasteiger partial charge in [-0.3, -0.25) is 4.90 Å². The highest BCUT2D eigenvalue weighted by molar-refractivity contribution is 5.69. The van der Waals surface area contributed by atoms with Crippen molar-refractivity contribution >= 4 is 5.69 Å². The van der Waals surface area contributed by atoms with Crippen LogP contribution in [0.25, 0.3) is 11.4 Å². The first-order valence-corrected chi connectivity index (χ1v) is 14.2. The molecule has 1 aliphatic rings. The molecule has 1 fully saturated rings. The fraction of sp³-hybridized carbons (Fsp3) is 0.667. The van der Waals surface area contributed by atoms with Crippen LogP contribution >= 0.6 is 0 Å². The maximum Gasteiger partial charge on any atom is 0.241 e. The minimum atomic E-state index is 0.288. The van der Waals surface area contributed by atoms with Crippen LogP contribution < -0.4 is 9.64 Å². The second-order valence-electron chi connectivity index (χ2n) is 10.2. The van der Waals surface area contributed by atoms with E-state index in [9.17, 15) is 0 Å². The van der Waals surface area contributed by atoms with Gasteiger partial charge in [0, 0.05) is 38.3 Å². The maximum absolute atomic E-state index is 6.49. The molecule has 0 saturated carbocycles. The molecule has 0 N–H and O–H groups in total. The zero-order chi connectivity index (χ0) is 26.1. The maximum atomic E-state index is 6.49. The summed E-state index contributed by atoms with van der Waals surface area (Å²) in [6.45, 7) is 20.9. The summed E-state index contributed by atoms with van der Waals surface area (Å²) in [5, 5.41) is 0. The van der Waals surface area contributed by atoms with E-state index in [4.69, 9.17) is 19.4 Å². The van der Waals surface area contributed by atoms with E-state index in [1.165, 1.54) is 16.7 Å². The van der Waals surface area contributed by atoms with E-state index >= 15 is 0 Å². The van der Waals surface area contributed by atoms with Crippen LogP contribution in [-0.4, -0.2) is 66.4 Å². The molecule has 1 aromatic carbocycles. The van der Waals surface area contributed by atoms with Crippen molar-refractivity contribution in [1.82, 2.24) is 14.9 Å². The third-order valence-corrected chi connectivity index (χ3v) is 6.90. The molecule has 3 rings (SSSR count). The summed E-state index contributed by atoms with van der Waals surface area (Å²) in [7, 11) is 0. The van der Waals surface area contributed by atoms with Crippen molar-refractivity contribution < 1.29 is 9.47 Å². The summed E-state index contributed by atoms with van der Waals surface area (Å²) in [5.74, 6) is 1.53. The number of hydrogen-bond acceptors (Lipinski definition) is 6. The van der Waals surface area contributed by atoms with E-state index in [1.807, 2.05) is 0 Å². The summed E-state index contributed by atoms with van der Waals surface area (Å²) in [4.78, 5) is 15.1. The number of morpholine rings is 1. The number of benzene rings is 1. The molecule has 1 aliphatic heterocycles. The number of nitrogens with zero attached hydrogens (tertiary/aromatic N) is 4. The summed E-state index contributed by atoms with van der Waals surface area (Å²) < 4.78 is 12.4. The molecule has 1 saturated heterocycles. The average molecular weight is 497 g/mol. The Labute approximate surface area is 219 Å². The lowest BCUT2D eigenvalue weighted by molar-refractivity contribution is -0.0686. The predicted octanol–water partition coefficient (Wildman–Crippen LogP) is 6.08. The number of rotatable bonds is 13. The Morgan fingerprint density at radius 3 is 2.14 bits per heavy atom. The zero-order valence-corrected chi connectivity index (χ0v) is 23.8. The molecule has 2 unspecified atom stereocenters. The van der Waals surface area contributed by atoms with Gasteiger partial charge in [-0.1, -0.05) is 45.9 Å². The second kappa shape index (κ2) is 13.9. The lowest BCUT2D eigenvalue weighted by Crippen LogP contribution is -2.45. The number of aromatic nitrogens is 2. The molecule has 6 heteroatoms. The van der Waals surface area contributed by atoms with Crippen molar-refractivity contribution in [3.05, 3.63) is 35.0 Å². The topological polar surface area (TPSA) is 50.7 Å². The molecule has 0 spiro atoms. The molecular weight excluding hydrogens is 448 g/mol. The zero-order valence-electron chi connectivity index (χ0n) is 23.8. The first kappa shape index (κ1) is 28.4. The first-order chi connectivity index (χ1) is 17.4. The third-order valence-electron chi connectivity index (χ3n) is 6.90. The Balaban J connectivity index is 1.90. The van der Waals surface area contributed by atoms with Gasteiger partial charge in [-0.05, 0) is 64.0 Å². The lowest BCUT2D eigenvalue weighted by atomic mass is 9.97. The van der Waals surface area contributed by atoms with Crippen molar-refractivity contribution in [3.8, 4) is 17.3 Å². The summed E-state index contributed by atoms with van der Waals surface area (Å²) >= 11 is 0. The van der Waals surface area contributed by atoms with Gasteiger partial charge in [0.25, 0.3) is 0 Å². The summed E-state index contributed by atoms with van der Waals surface area (Å²) in [6.07, 6.45) is 5.60. The molecular formula is C30H48N4O2. The van der Waals surface area contributed by atoms with Crippen LogP contribution in [0.5, 0.6) is 5.88 Å². The van der Waals surface area contributed by atoms with E-state index in [0.29, 0.717) is 6.61 Å². The number of ether oxygens (including phenoxy) is 2. The van der Waals surface area contributed by atoms with Crippen LogP contribution in [0.1, 0.15) is 77.6 Å². The Kier molecular flexibility index (Phi) is 11.0. The van der Waals surface area contributed by atoms with Crippen LogP contribution in [0.2, 0.25) is 0 Å². The van der Waals surface area contributed by atoms with Crippen molar-refractivity contribution in [2.75, 3.05) is 44.2 Å². The van der Waals surface area contributed by atoms with Crippen molar-refractivity contribution in [1.29, 1.82) is 0 Å². The molecule has 200 valence electrons. The standard InChI is InChI=1S/C30H48N4O2/c1-8-16-34(17-9-2)28-24(7)31-29(27-25(10-3)14-12-15-26(27)11-4)32-30(28)35-19-13-18-33-20-22(5)36-23(6)21-33/h12,14-15,22-23H,8-11,13,16-21H2,1-7H3. The smallest absolute Gasteiger partial charge is 0.241 e. The molecule has 6 nitrogen and oxygen atoms in total. The summed E-state index contributed by atoms with van der Waals surface area (Å²) in [5.41, 5.74) is 5.82. The fourth-order valence-electron chi connectivity index (χ4n) is 5.45. The highest BCUT2D eigenvalue weighted by Gasteiger charge is 2.23.